The lowest BCUT2D eigenvalue weighted by atomic mass is 10.0. The Morgan fingerprint density at radius 1 is 0.629 bits per heavy atom. The Balaban J connectivity index is 2.21. The Bertz CT molecular complexity index is 547. The molecule has 1 unspecified atom stereocenters. The topological polar surface area (TPSA) is 51.2 Å². The van der Waals surface area contributed by atoms with Gasteiger partial charge in [-0.1, -0.05) is 117 Å². The first-order valence-corrected chi connectivity index (χ1v) is 16.3. The smallest absolute Gasteiger partial charge is 0.337 e. The molecule has 0 aliphatic carbocycles. The van der Waals surface area contributed by atoms with Gasteiger partial charge in [-0.05, 0) is 19.3 Å². The molecular weight excluding hydrogens is 459 g/mol. The van der Waals surface area contributed by atoms with Crippen LogP contribution in [-0.4, -0.2) is 43.0 Å². The third-order valence-corrected chi connectivity index (χ3v) is 8.06. The maximum atomic E-state index is 13.3. The van der Waals surface area contributed by atoms with Crippen LogP contribution in [0.3, 0.4) is 0 Å². The van der Waals surface area contributed by atoms with Crippen LogP contribution in [0.15, 0.2) is 12.4 Å². The fourth-order valence-electron chi connectivity index (χ4n) is 4.24. The zero-order valence-electron chi connectivity index (χ0n) is 23.6. The van der Waals surface area contributed by atoms with E-state index in [4.69, 9.17) is 13.6 Å². The van der Waals surface area contributed by atoms with Gasteiger partial charge in [-0.25, -0.2) is 9.09 Å². The van der Waals surface area contributed by atoms with Crippen molar-refractivity contribution in [1.29, 1.82) is 0 Å². The molecule has 1 atom stereocenters. The fraction of sp³-hybridized carbons (Fsp3) is 0.929. The van der Waals surface area contributed by atoms with Gasteiger partial charge in [-0.2, -0.15) is 0 Å². The summed E-state index contributed by atoms with van der Waals surface area (Å²) in [5, 5.41) is 0. The van der Waals surface area contributed by atoms with Crippen LogP contribution in [0.25, 0.3) is 0 Å². The van der Waals surface area contributed by atoms with E-state index in [0.29, 0.717) is 13.2 Å². The van der Waals surface area contributed by atoms with Gasteiger partial charge in [0.15, 0.2) is 0 Å². The largest absolute Gasteiger partial charge is 0.478 e. The Morgan fingerprint density at radius 3 is 1.51 bits per heavy atom. The Labute approximate surface area is 217 Å². The van der Waals surface area contributed by atoms with Crippen molar-refractivity contribution >= 4 is 7.82 Å². The summed E-state index contributed by atoms with van der Waals surface area (Å²) in [6.45, 7) is 8.11. The van der Waals surface area contributed by atoms with E-state index in [0.717, 1.165) is 38.6 Å². The molecule has 6 nitrogen and oxygen atoms in total. The molecule has 1 rings (SSSR count). The quantitative estimate of drug-likeness (QED) is 0.0890. The van der Waals surface area contributed by atoms with Gasteiger partial charge < -0.3 is 9.80 Å². The van der Waals surface area contributed by atoms with Crippen molar-refractivity contribution in [3.63, 3.8) is 0 Å². The number of unbranched alkanes of at least 4 members (excludes halogenated alkanes) is 15. The van der Waals surface area contributed by atoms with Crippen molar-refractivity contribution in [3.05, 3.63) is 12.4 Å². The molecule has 0 spiro atoms. The minimum atomic E-state index is -3.60. The van der Waals surface area contributed by atoms with Crippen LogP contribution in [0.4, 0.5) is 0 Å². The molecule has 35 heavy (non-hydrogen) atoms. The zero-order valence-corrected chi connectivity index (χ0v) is 24.5. The summed E-state index contributed by atoms with van der Waals surface area (Å²) in [5.41, 5.74) is 0. The SMILES string of the molecule is CCCCCCCCCCCCCCCCN1C=CN(C)C1OP(=O)(OCCCC)OCCCC. The summed E-state index contributed by atoms with van der Waals surface area (Å²) in [4.78, 5) is 4.04. The Hall–Kier alpha value is -0.550. The summed E-state index contributed by atoms with van der Waals surface area (Å²) in [5.74, 6) is 0. The number of phosphoric ester groups is 1. The van der Waals surface area contributed by atoms with E-state index in [-0.39, 0.29) is 0 Å². The van der Waals surface area contributed by atoms with Gasteiger partial charge in [-0.15, -0.1) is 0 Å². The number of hydrogen-bond acceptors (Lipinski definition) is 6. The van der Waals surface area contributed by atoms with Crippen molar-refractivity contribution in [2.45, 2.75) is 143 Å². The molecule has 0 saturated carbocycles. The van der Waals surface area contributed by atoms with Crippen LogP contribution in [-0.2, 0) is 18.1 Å². The summed E-state index contributed by atoms with van der Waals surface area (Å²) >= 11 is 0. The molecule has 0 aromatic carbocycles. The number of rotatable bonds is 25. The molecule has 0 aromatic heterocycles. The number of nitrogens with zero attached hydrogens (tertiary/aromatic N) is 2. The molecule has 1 aliphatic rings. The standard InChI is InChI=1S/C28H57N2O4P/c1-5-8-11-12-13-14-15-16-17-18-19-20-21-22-23-30-25-24-29(4)28(30)34-35(31,32-26-9-6-2)33-27-10-7-3/h24-25,28H,5-23,26-27H2,1-4H3. The van der Waals surface area contributed by atoms with Gasteiger partial charge in [0, 0.05) is 26.0 Å². The van der Waals surface area contributed by atoms with Gasteiger partial charge in [0.2, 0.25) is 6.35 Å². The molecule has 0 bridgehead atoms. The van der Waals surface area contributed by atoms with Crippen LogP contribution in [0, 0.1) is 0 Å². The van der Waals surface area contributed by atoms with E-state index in [1.807, 2.05) is 24.3 Å². The van der Waals surface area contributed by atoms with E-state index in [9.17, 15) is 4.57 Å². The number of phosphoric acid groups is 1. The van der Waals surface area contributed by atoms with Crippen LogP contribution < -0.4 is 0 Å². The second kappa shape index (κ2) is 21.5. The monoisotopic (exact) mass is 516 g/mol. The average Bonchev–Trinajstić information content (AvgIpc) is 3.18. The van der Waals surface area contributed by atoms with Crippen molar-refractivity contribution in [3.8, 4) is 0 Å². The van der Waals surface area contributed by atoms with Gasteiger partial charge in [0.05, 0.1) is 13.2 Å². The van der Waals surface area contributed by atoms with Crippen LogP contribution in [0.1, 0.15) is 136 Å². The molecule has 1 aliphatic heterocycles. The highest BCUT2D eigenvalue weighted by atomic mass is 31.2. The van der Waals surface area contributed by atoms with E-state index >= 15 is 0 Å². The third-order valence-electron chi connectivity index (χ3n) is 6.61. The second-order valence-electron chi connectivity index (χ2n) is 10.1. The highest BCUT2D eigenvalue weighted by Crippen LogP contribution is 2.52. The van der Waals surface area contributed by atoms with Gasteiger partial charge in [0.1, 0.15) is 0 Å². The van der Waals surface area contributed by atoms with Crippen LogP contribution >= 0.6 is 7.82 Å². The van der Waals surface area contributed by atoms with Crippen LogP contribution in [0.5, 0.6) is 0 Å². The highest BCUT2D eigenvalue weighted by molar-refractivity contribution is 7.48. The highest BCUT2D eigenvalue weighted by Gasteiger charge is 2.36. The summed E-state index contributed by atoms with van der Waals surface area (Å²) in [7, 11) is -1.66. The predicted molar refractivity (Wildman–Crippen MR) is 148 cm³/mol. The molecule has 1 heterocycles. The molecule has 0 N–H and O–H groups in total. The summed E-state index contributed by atoms with van der Waals surface area (Å²) in [6.07, 6.45) is 26.1. The second-order valence-corrected chi connectivity index (χ2v) is 11.7. The van der Waals surface area contributed by atoms with E-state index < -0.39 is 14.2 Å². The number of hydrogen-bond donors (Lipinski definition) is 0. The van der Waals surface area contributed by atoms with E-state index in [1.54, 1.807) is 0 Å². The minimum absolute atomic E-state index is 0.392. The summed E-state index contributed by atoms with van der Waals surface area (Å²) < 4.78 is 30.5. The normalized spacial score (nSPS) is 16.1. The molecule has 0 aromatic rings. The first-order chi connectivity index (χ1) is 17.1. The molecule has 7 heteroatoms. The van der Waals surface area contributed by atoms with E-state index in [1.165, 1.54) is 83.5 Å². The van der Waals surface area contributed by atoms with Gasteiger partial charge >= 0.3 is 7.82 Å². The Morgan fingerprint density at radius 2 is 1.06 bits per heavy atom. The zero-order chi connectivity index (χ0) is 25.6. The van der Waals surface area contributed by atoms with Crippen molar-refractivity contribution in [2.75, 3.05) is 26.8 Å². The minimum Gasteiger partial charge on any atom is -0.337 e. The lowest BCUT2D eigenvalue weighted by Gasteiger charge is -2.32. The van der Waals surface area contributed by atoms with Crippen LogP contribution in [0.2, 0.25) is 0 Å². The first-order valence-electron chi connectivity index (χ1n) is 14.8. The van der Waals surface area contributed by atoms with Gasteiger partial charge in [0.25, 0.3) is 0 Å². The molecule has 0 fully saturated rings. The lowest BCUT2D eigenvalue weighted by molar-refractivity contribution is -0.0463. The van der Waals surface area contributed by atoms with Crippen molar-refractivity contribution in [1.82, 2.24) is 9.80 Å². The maximum absolute atomic E-state index is 13.3. The Kier molecular flexibility index (Phi) is 20.0. The molecule has 0 saturated heterocycles. The molecule has 0 radical (unpaired) electrons. The average molecular weight is 517 g/mol. The fourth-order valence-corrected chi connectivity index (χ4v) is 5.64. The van der Waals surface area contributed by atoms with E-state index in [2.05, 4.69) is 25.7 Å². The maximum Gasteiger partial charge on any atom is 0.478 e. The molecule has 0 amide bonds. The third kappa shape index (κ3) is 16.0. The molecular formula is C28H57N2O4P. The predicted octanol–water partition coefficient (Wildman–Crippen LogP) is 9.23. The summed E-state index contributed by atoms with van der Waals surface area (Å²) in [6, 6.07) is 0. The van der Waals surface area contributed by atoms with Crippen molar-refractivity contribution < 1.29 is 18.1 Å². The molecule has 208 valence electrons. The lowest BCUT2D eigenvalue weighted by Crippen LogP contribution is -2.39. The van der Waals surface area contributed by atoms with Crippen molar-refractivity contribution in [2.24, 2.45) is 0 Å². The van der Waals surface area contributed by atoms with Gasteiger partial charge in [-0.3, -0.25) is 9.05 Å². The first kappa shape index (κ1) is 32.5.